The van der Waals surface area contributed by atoms with Gasteiger partial charge in [-0.2, -0.15) is 0 Å². The number of carboxylic acid groups (broad SMARTS) is 3. The van der Waals surface area contributed by atoms with Crippen LogP contribution in [0.15, 0.2) is 125 Å². The van der Waals surface area contributed by atoms with Crippen LogP contribution in [0, 0.1) is 0 Å². The van der Waals surface area contributed by atoms with E-state index in [1.807, 2.05) is 60.7 Å². The first-order valence-electron chi connectivity index (χ1n) is 25.3. The van der Waals surface area contributed by atoms with Crippen LogP contribution in [-0.2, 0) is 56.6 Å². The lowest BCUT2D eigenvalue weighted by molar-refractivity contribution is -0.140. The van der Waals surface area contributed by atoms with Crippen molar-refractivity contribution in [1.82, 2.24) is 40.0 Å². The lowest BCUT2D eigenvalue weighted by atomic mass is 9.95. The Morgan fingerprint density at radius 3 is 2.05 bits per heavy atom. The molecule has 0 bridgehead atoms. The topological polar surface area (TPSA) is 316 Å². The number of aryl methyl sites for hydroxylation is 1. The van der Waals surface area contributed by atoms with Crippen LogP contribution in [0.2, 0.25) is 0 Å². The Bertz CT molecular complexity index is 3450. The molecule has 0 unspecified atom stereocenters. The summed E-state index contributed by atoms with van der Waals surface area (Å²) in [7, 11) is 1.66. The molecule has 3 heterocycles. The second kappa shape index (κ2) is 25.6. The first-order valence-corrected chi connectivity index (χ1v) is 25.3. The van der Waals surface area contributed by atoms with E-state index in [0.717, 1.165) is 16.7 Å². The van der Waals surface area contributed by atoms with Crippen molar-refractivity contribution in [2.75, 3.05) is 74.1 Å². The molecule has 0 aliphatic carbocycles. The van der Waals surface area contributed by atoms with E-state index in [2.05, 4.69) is 31.2 Å². The van der Waals surface area contributed by atoms with Crippen LogP contribution in [0.4, 0.5) is 28.4 Å². The molecular weight excluding hydrogens is 1020 g/mol. The normalized spacial score (nSPS) is 11.9. The number of benzene rings is 4. The first-order chi connectivity index (χ1) is 38.0. The largest absolute Gasteiger partial charge is 0.480 e. The summed E-state index contributed by atoms with van der Waals surface area (Å²) in [5.74, 6) is -4.06. The molecular formula is C56H58N12O11. The Kier molecular flexibility index (Phi) is 18.1. The molecule has 23 nitrogen and oxygen atoms in total. The molecule has 79 heavy (non-hydrogen) atoms. The second-order valence-electron chi connectivity index (χ2n) is 19.1. The predicted molar refractivity (Wildman–Crippen MR) is 293 cm³/mol. The van der Waals surface area contributed by atoms with Gasteiger partial charge in [0.25, 0.3) is 16.8 Å². The van der Waals surface area contributed by atoms with Crippen LogP contribution in [0.25, 0.3) is 22.5 Å². The number of hydrogen-bond donors (Lipinski definition) is 7. The van der Waals surface area contributed by atoms with Gasteiger partial charge in [0, 0.05) is 67.2 Å². The summed E-state index contributed by atoms with van der Waals surface area (Å²) in [4.78, 5) is 110. The quantitative estimate of drug-likeness (QED) is 0.0381. The Morgan fingerprint density at radius 2 is 1.34 bits per heavy atom. The highest BCUT2D eigenvalue weighted by Crippen LogP contribution is 2.41. The van der Waals surface area contributed by atoms with Crippen LogP contribution < -0.4 is 37.4 Å². The highest BCUT2D eigenvalue weighted by molar-refractivity contribution is 6.01. The van der Waals surface area contributed by atoms with Gasteiger partial charge in [-0.25, -0.2) is 4.68 Å². The van der Waals surface area contributed by atoms with Crippen molar-refractivity contribution < 1.29 is 44.1 Å². The van der Waals surface area contributed by atoms with Gasteiger partial charge in [-0.3, -0.25) is 58.0 Å². The standard InChI is InChI=1S/C56H58N12O11/c1-64(32-47(71)72)29-40-10-6-11-41(59-40)30-66(34-49(75)76)27-26-65(33-48(73)74)25-7-8-35-15-19-38(20-16-35)60-45(69)31-68-53-42-12-3-2-9-37(42)28-67(44-14-5-4-13-43(44)51(53)62-63-68)46(70)23-24-58-56(79)36-17-21-39(22-18-36)61-52-50(57)54(77)55(52)78/h2-6,9-22,61H,7-8,23-34,57H2,1H3,(H,58,79)(H,60,69)(H,71,72)(H,73,74)(H,75,76). The molecule has 1 aliphatic rings. The summed E-state index contributed by atoms with van der Waals surface area (Å²) < 4.78 is 1.54. The van der Waals surface area contributed by atoms with Crippen molar-refractivity contribution in [3.8, 4) is 22.5 Å². The minimum atomic E-state index is -1.04. The van der Waals surface area contributed by atoms with Gasteiger partial charge in [0.1, 0.15) is 23.6 Å². The number of nitrogens with zero attached hydrogens (tertiary/aromatic N) is 8. The third-order valence-corrected chi connectivity index (χ3v) is 13.1. The van der Waals surface area contributed by atoms with Crippen molar-refractivity contribution in [1.29, 1.82) is 0 Å². The maximum absolute atomic E-state index is 14.1. The smallest absolute Gasteiger partial charge is 0.317 e. The number of hydrogen-bond acceptors (Lipinski definition) is 16. The molecule has 0 atom stereocenters. The average molecular weight is 1080 g/mol. The Hall–Kier alpha value is -9.45. The number of rotatable bonds is 26. The van der Waals surface area contributed by atoms with Gasteiger partial charge in [-0.1, -0.05) is 65.9 Å². The van der Waals surface area contributed by atoms with Crippen LogP contribution in [0.5, 0.6) is 0 Å². The van der Waals surface area contributed by atoms with E-state index in [9.17, 15) is 48.6 Å². The minimum Gasteiger partial charge on any atom is -0.480 e. The zero-order chi connectivity index (χ0) is 56.2. The van der Waals surface area contributed by atoms with Crippen molar-refractivity contribution >= 4 is 64.1 Å². The Balaban J connectivity index is 0.855. The molecule has 0 radical (unpaired) electrons. The molecule has 23 heteroatoms. The number of amides is 3. The Labute approximate surface area is 452 Å². The molecule has 2 aromatic heterocycles. The summed E-state index contributed by atoms with van der Waals surface area (Å²) >= 11 is 0. The molecule has 0 spiro atoms. The highest BCUT2D eigenvalue weighted by Gasteiger charge is 2.30. The number of pyridine rings is 1. The SMILES string of the molecule is CN(CC(=O)O)Cc1cccc(CN(CCN(CCCc2ccc(NC(=O)Cn3nnc4c3-c3ccccc3CN(C(=O)CCNC(=O)c3ccc(Nc5c(N)c(=O)c5=O)cc3)c3ccccc3-4)cc2)CC(=O)O)CC(=O)O)n1. The minimum absolute atomic E-state index is 0.00831. The highest BCUT2D eigenvalue weighted by atomic mass is 16.4. The lowest BCUT2D eigenvalue weighted by Gasteiger charge is -2.28. The van der Waals surface area contributed by atoms with Gasteiger partial charge in [0.05, 0.1) is 48.9 Å². The van der Waals surface area contributed by atoms with Gasteiger partial charge in [0.15, 0.2) is 0 Å². The van der Waals surface area contributed by atoms with Crippen LogP contribution in [-0.4, -0.2) is 138 Å². The summed E-state index contributed by atoms with van der Waals surface area (Å²) in [6.07, 6.45) is 1.16. The van der Waals surface area contributed by atoms with Crippen LogP contribution in [0.1, 0.15) is 45.7 Å². The number of para-hydroxylation sites is 1. The van der Waals surface area contributed by atoms with E-state index in [4.69, 9.17) is 10.8 Å². The zero-order valence-electron chi connectivity index (χ0n) is 43.1. The van der Waals surface area contributed by atoms with E-state index < -0.39 is 34.7 Å². The fourth-order valence-corrected chi connectivity index (χ4v) is 9.30. The maximum atomic E-state index is 14.1. The number of nitrogen functional groups attached to an aromatic ring is 1. The lowest BCUT2D eigenvalue weighted by Crippen LogP contribution is -2.40. The van der Waals surface area contributed by atoms with E-state index in [1.54, 1.807) is 69.1 Å². The number of carbonyl (C=O) groups excluding carboxylic acids is 3. The van der Waals surface area contributed by atoms with Crippen molar-refractivity contribution in [3.05, 3.63) is 164 Å². The molecule has 8 N–H and O–H groups in total. The number of anilines is 5. The van der Waals surface area contributed by atoms with Gasteiger partial charge < -0.3 is 41.9 Å². The van der Waals surface area contributed by atoms with Gasteiger partial charge >= 0.3 is 17.9 Å². The van der Waals surface area contributed by atoms with E-state index in [1.165, 1.54) is 16.8 Å². The fourth-order valence-electron chi connectivity index (χ4n) is 9.30. The zero-order valence-corrected chi connectivity index (χ0v) is 43.1. The fraction of sp³-hybridized carbons (Fsp3) is 0.268. The number of nitrogens with one attached hydrogen (secondary N) is 3. The molecule has 7 aromatic rings. The molecule has 0 saturated heterocycles. The number of likely N-dealkylation sites (N-methyl/N-ethyl adjacent to an activating group) is 1. The Morgan fingerprint density at radius 1 is 0.696 bits per heavy atom. The molecule has 5 aromatic carbocycles. The number of carboxylic acids is 3. The van der Waals surface area contributed by atoms with Crippen LogP contribution >= 0.6 is 0 Å². The van der Waals surface area contributed by atoms with Gasteiger partial charge in [-0.15, -0.1) is 5.10 Å². The molecule has 0 fully saturated rings. The van der Waals surface area contributed by atoms with E-state index in [-0.39, 0.29) is 88.5 Å². The number of carbonyl (C=O) groups is 6. The summed E-state index contributed by atoms with van der Waals surface area (Å²) in [5.41, 5.74) is 11.3. The number of aliphatic carboxylic acids is 3. The van der Waals surface area contributed by atoms with Crippen molar-refractivity contribution in [2.24, 2.45) is 0 Å². The average Bonchev–Trinajstić information content (AvgIpc) is 4.12. The van der Waals surface area contributed by atoms with Gasteiger partial charge in [0.2, 0.25) is 11.8 Å². The number of aromatic nitrogens is 4. The van der Waals surface area contributed by atoms with Crippen molar-refractivity contribution in [2.45, 2.75) is 45.4 Å². The summed E-state index contributed by atoms with van der Waals surface area (Å²) in [5, 5.41) is 46.0. The molecule has 408 valence electrons. The molecule has 1 aliphatic heterocycles. The predicted octanol–water partition coefficient (Wildman–Crippen LogP) is 3.66. The molecule has 8 rings (SSSR count). The van der Waals surface area contributed by atoms with E-state index >= 15 is 0 Å². The monoisotopic (exact) mass is 1070 g/mol. The number of fused-ring (bicyclic) bond motifs is 5. The summed E-state index contributed by atoms with van der Waals surface area (Å²) in [6, 6.07) is 33.6. The van der Waals surface area contributed by atoms with E-state index in [0.29, 0.717) is 76.9 Å². The first kappa shape index (κ1) is 55.8. The van der Waals surface area contributed by atoms with Gasteiger partial charge in [-0.05, 0) is 92.2 Å². The molecule has 0 saturated carbocycles. The summed E-state index contributed by atoms with van der Waals surface area (Å²) in [6.45, 7) is 0.770. The van der Waals surface area contributed by atoms with Crippen molar-refractivity contribution in [3.63, 3.8) is 0 Å². The van der Waals surface area contributed by atoms with Crippen LogP contribution in [0.3, 0.4) is 0 Å². The molecule has 3 amide bonds. The third kappa shape index (κ3) is 14.5. The maximum Gasteiger partial charge on any atom is 0.317 e. The third-order valence-electron chi connectivity index (χ3n) is 13.1. The second-order valence-corrected chi connectivity index (χ2v) is 19.1. The number of nitrogens with two attached hydrogens (primary N) is 1.